The number of hydrogen-bond donors (Lipinski definition) is 1. The van der Waals surface area contributed by atoms with E-state index in [9.17, 15) is 10.1 Å². The lowest BCUT2D eigenvalue weighted by atomic mass is 10.1. The number of nitro groups is 1. The highest BCUT2D eigenvalue weighted by molar-refractivity contribution is 5.57. The van der Waals surface area contributed by atoms with Gasteiger partial charge in [-0.05, 0) is 17.7 Å². The van der Waals surface area contributed by atoms with Crippen LogP contribution in [0.4, 0.5) is 0 Å². The molecule has 1 aromatic carbocycles. The molecule has 17 heavy (non-hydrogen) atoms. The van der Waals surface area contributed by atoms with Crippen LogP contribution < -0.4 is 9.47 Å². The largest absolute Gasteiger partial charge is 0.493 e. The highest BCUT2D eigenvalue weighted by atomic mass is 16.6. The predicted octanol–water partition coefficient (Wildman–Crippen LogP) is 1.31. The summed E-state index contributed by atoms with van der Waals surface area (Å²) in [6.07, 6.45) is 1.28. The molecular formula is C11H13NO5. The molecule has 1 aromatic rings. The highest BCUT2D eigenvalue weighted by Crippen LogP contribution is 2.28. The third-order valence-electron chi connectivity index (χ3n) is 2.14. The van der Waals surface area contributed by atoms with Crippen molar-refractivity contribution < 1.29 is 19.5 Å². The maximum absolute atomic E-state index is 10.5. The minimum absolute atomic E-state index is 0.280. The third kappa shape index (κ3) is 3.18. The van der Waals surface area contributed by atoms with E-state index in [1.165, 1.54) is 20.3 Å². The van der Waals surface area contributed by atoms with Gasteiger partial charge in [0, 0.05) is 6.08 Å². The van der Waals surface area contributed by atoms with Gasteiger partial charge < -0.3 is 14.6 Å². The van der Waals surface area contributed by atoms with Crippen molar-refractivity contribution in [2.75, 3.05) is 20.8 Å². The van der Waals surface area contributed by atoms with Gasteiger partial charge >= 0.3 is 0 Å². The minimum Gasteiger partial charge on any atom is -0.493 e. The summed E-state index contributed by atoms with van der Waals surface area (Å²) in [4.78, 5) is 9.91. The first-order valence-electron chi connectivity index (χ1n) is 4.80. The van der Waals surface area contributed by atoms with Gasteiger partial charge in [0.1, 0.15) is 6.61 Å². The summed E-state index contributed by atoms with van der Waals surface area (Å²) in [7, 11) is 2.98. The van der Waals surface area contributed by atoms with Crippen LogP contribution in [0.25, 0.3) is 6.08 Å². The van der Waals surface area contributed by atoms with E-state index >= 15 is 0 Å². The van der Waals surface area contributed by atoms with Crippen LogP contribution in [-0.2, 0) is 0 Å². The Labute approximate surface area is 98.2 Å². The highest BCUT2D eigenvalue weighted by Gasteiger charge is 2.10. The molecule has 92 valence electrons. The Kier molecular flexibility index (Phi) is 4.47. The lowest BCUT2D eigenvalue weighted by molar-refractivity contribution is -0.428. The van der Waals surface area contributed by atoms with Gasteiger partial charge in [-0.2, -0.15) is 0 Å². The van der Waals surface area contributed by atoms with Crippen LogP contribution in [0.5, 0.6) is 11.5 Å². The standard InChI is InChI=1S/C11H13NO5/c1-16-10-4-3-8(6-11(10)17-2)5-9(7-13)12(14)15/h3-6,13H,7H2,1-2H3. The maximum Gasteiger partial charge on any atom is 0.271 e. The fourth-order valence-corrected chi connectivity index (χ4v) is 1.29. The van der Waals surface area contributed by atoms with E-state index in [1.54, 1.807) is 18.2 Å². The first-order chi connectivity index (χ1) is 8.12. The molecule has 0 bridgehead atoms. The van der Waals surface area contributed by atoms with Crippen LogP contribution >= 0.6 is 0 Å². The number of nitrogens with zero attached hydrogens (tertiary/aromatic N) is 1. The Hall–Kier alpha value is -2.08. The van der Waals surface area contributed by atoms with Gasteiger partial charge in [0.05, 0.1) is 19.1 Å². The topological polar surface area (TPSA) is 81.8 Å². The Balaban J connectivity index is 3.11. The van der Waals surface area contributed by atoms with Crippen molar-refractivity contribution in [3.05, 3.63) is 39.6 Å². The summed E-state index contributed by atoms with van der Waals surface area (Å²) in [5.74, 6) is 1.01. The molecule has 0 unspecified atom stereocenters. The quantitative estimate of drug-likeness (QED) is 0.618. The average Bonchev–Trinajstić information content (AvgIpc) is 2.35. The van der Waals surface area contributed by atoms with Crippen molar-refractivity contribution in [3.63, 3.8) is 0 Å². The Morgan fingerprint density at radius 2 is 2.06 bits per heavy atom. The fourth-order valence-electron chi connectivity index (χ4n) is 1.29. The van der Waals surface area contributed by atoms with E-state index < -0.39 is 11.5 Å². The molecule has 0 saturated carbocycles. The van der Waals surface area contributed by atoms with Crippen molar-refractivity contribution >= 4 is 6.08 Å². The zero-order valence-corrected chi connectivity index (χ0v) is 9.54. The second-order valence-electron chi connectivity index (χ2n) is 3.17. The lowest BCUT2D eigenvalue weighted by Gasteiger charge is -2.07. The molecule has 1 N–H and O–H groups in total. The van der Waals surface area contributed by atoms with E-state index in [1.807, 2.05) is 0 Å². The van der Waals surface area contributed by atoms with Crippen LogP contribution in [0, 0.1) is 10.1 Å². The van der Waals surface area contributed by atoms with E-state index in [-0.39, 0.29) is 5.70 Å². The summed E-state index contributed by atoms with van der Waals surface area (Å²) >= 11 is 0. The molecule has 0 fully saturated rings. The molecule has 0 aliphatic rings. The van der Waals surface area contributed by atoms with Crippen molar-refractivity contribution in [2.24, 2.45) is 0 Å². The van der Waals surface area contributed by atoms with Crippen LogP contribution in [0.2, 0.25) is 0 Å². The van der Waals surface area contributed by atoms with Crippen molar-refractivity contribution in [1.82, 2.24) is 0 Å². The van der Waals surface area contributed by atoms with Crippen LogP contribution in [0.15, 0.2) is 23.9 Å². The molecule has 0 aliphatic heterocycles. The van der Waals surface area contributed by atoms with E-state index in [0.717, 1.165) is 0 Å². The zero-order chi connectivity index (χ0) is 12.8. The molecule has 6 heteroatoms. The Morgan fingerprint density at radius 3 is 2.53 bits per heavy atom. The molecule has 0 spiro atoms. The van der Waals surface area contributed by atoms with Gasteiger partial charge in [-0.25, -0.2) is 0 Å². The minimum atomic E-state index is -0.628. The van der Waals surface area contributed by atoms with Gasteiger partial charge in [-0.1, -0.05) is 6.07 Å². The van der Waals surface area contributed by atoms with E-state index in [4.69, 9.17) is 14.6 Å². The molecule has 1 rings (SSSR count). The molecule has 0 saturated heterocycles. The van der Waals surface area contributed by atoms with Crippen molar-refractivity contribution in [3.8, 4) is 11.5 Å². The van der Waals surface area contributed by atoms with E-state index in [2.05, 4.69) is 0 Å². The number of hydrogen-bond acceptors (Lipinski definition) is 5. The second kappa shape index (κ2) is 5.86. The molecule has 0 radical (unpaired) electrons. The number of ether oxygens (including phenoxy) is 2. The van der Waals surface area contributed by atoms with Crippen molar-refractivity contribution in [1.29, 1.82) is 0 Å². The SMILES string of the molecule is COc1ccc(C=C(CO)[N+](=O)[O-])cc1OC. The zero-order valence-electron chi connectivity index (χ0n) is 9.54. The van der Waals surface area contributed by atoms with Crippen LogP contribution in [-0.4, -0.2) is 30.9 Å². The number of benzene rings is 1. The van der Waals surface area contributed by atoms with Gasteiger partial charge in [0.25, 0.3) is 5.70 Å². The molecular weight excluding hydrogens is 226 g/mol. The average molecular weight is 239 g/mol. The van der Waals surface area contributed by atoms with Crippen molar-refractivity contribution in [2.45, 2.75) is 0 Å². The molecule has 0 atom stereocenters. The third-order valence-corrected chi connectivity index (χ3v) is 2.14. The monoisotopic (exact) mass is 239 g/mol. The summed E-state index contributed by atoms with van der Waals surface area (Å²) in [5, 5.41) is 19.4. The summed E-state index contributed by atoms with van der Waals surface area (Å²) in [5.41, 5.74) is 0.278. The van der Waals surface area contributed by atoms with Gasteiger partial charge in [0.15, 0.2) is 11.5 Å². The molecule has 6 nitrogen and oxygen atoms in total. The number of aliphatic hydroxyl groups excluding tert-OH is 1. The lowest BCUT2D eigenvalue weighted by Crippen LogP contribution is -2.02. The fraction of sp³-hybridized carbons (Fsp3) is 0.273. The predicted molar refractivity (Wildman–Crippen MR) is 61.6 cm³/mol. The molecule has 0 aliphatic carbocycles. The van der Waals surface area contributed by atoms with Gasteiger partial charge in [-0.3, -0.25) is 10.1 Å². The Morgan fingerprint density at radius 1 is 1.41 bits per heavy atom. The smallest absolute Gasteiger partial charge is 0.271 e. The molecule has 0 aromatic heterocycles. The van der Waals surface area contributed by atoms with Gasteiger partial charge in [0.2, 0.25) is 0 Å². The van der Waals surface area contributed by atoms with Crippen LogP contribution in [0.1, 0.15) is 5.56 Å². The number of methoxy groups -OCH3 is 2. The number of rotatable bonds is 5. The second-order valence-corrected chi connectivity index (χ2v) is 3.17. The summed E-state index contributed by atoms with van der Waals surface area (Å²) in [6.45, 7) is -0.624. The summed E-state index contributed by atoms with van der Waals surface area (Å²) < 4.78 is 10.1. The first-order valence-corrected chi connectivity index (χ1v) is 4.80. The Bertz CT molecular complexity index is 441. The van der Waals surface area contributed by atoms with Gasteiger partial charge in [-0.15, -0.1) is 0 Å². The van der Waals surface area contributed by atoms with E-state index in [0.29, 0.717) is 17.1 Å². The number of aliphatic hydroxyl groups is 1. The van der Waals surface area contributed by atoms with Crippen LogP contribution in [0.3, 0.4) is 0 Å². The summed E-state index contributed by atoms with van der Waals surface area (Å²) in [6, 6.07) is 4.87. The normalized spacial score (nSPS) is 11.1. The first kappa shape index (κ1) is 13.0. The maximum atomic E-state index is 10.5. The molecule has 0 amide bonds. The molecule has 0 heterocycles.